The van der Waals surface area contributed by atoms with Gasteiger partial charge in [-0.1, -0.05) is 6.07 Å². The van der Waals surface area contributed by atoms with Gasteiger partial charge in [0, 0.05) is 38.5 Å². The number of likely N-dealkylation sites (tertiary alicyclic amines) is 1. The van der Waals surface area contributed by atoms with Crippen molar-refractivity contribution in [3.8, 4) is 0 Å². The molecule has 1 fully saturated rings. The zero-order valence-corrected chi connectivity index (χ0v) is 14.3. The third-order valence-corrected chi connectivity index (χ3v) is 4.53. The molecule has 2 amide bonds. The van der Waals surface area contributed by atoms with Crippen LogP contribution in [0.5, 0.6) is 0 Å². The molecule has 1 aliphatic heterocycles. The molecule has 1 aliphatic rings. The molecule has 1 aromatic carbocycles. The summed E-state index contributed by atoms with van der Waals surface area (Å²) in [6.07, 6.45) is 5.69. The van der Waals surface area contributed by atoms with Crippen LogP contribution < -0.4 is 5.32 Å². The lowest BCUT2D eigenvalue weighted by molar-refractivity contribution is -0.384. The number of carbonyl (C=O) groups excluding carboxylic acids is 1. The van der Waals surface area contributed by atoms with Crippen molar-refractivity contribution in [3.63, 3.8) is 0 Å². The maximum atomic E-state index is 12.5. The molecule has 1 saturated heterocycles. The summed E-state index contributed by atoms with van der Waals surface area (Å²) in [5.74, 6) is 0.404. The van der Waals surface area contributed by atoms with Crippen molar-refractivity contribution < 1.29 is 9.72 Å². The Hall–Kier alpha value is -2.90. The van der Waals surface area contributed by atoms with Crippen molar-refractivity contribution in [2.45, 2.75) is 19.8 Å². The lowest BCUT2D eigenvalue weighted by Crippen LogP contribution is -2.33. The average Bonchev–Trinajstić information content (AvgIpc) is 3.19. The number of nitrogens with one attached hydrogen (secondary N) is 1. The topological polar surface area (TPSA) is 93.3 Å². The number of nitro benzene ring substituents is 1. The van der Waals surface area contributed by atoms with Crippen molar-refractivity contribution in [1.29, 1.82) is 0 Å². The van der Waals surface area contributed by atoms with Crippen molar-refractivity contribution in [3.05, 3.63) is 51.8 Å². The van der Waals surface area contributed by atoms with Crippen LogP contribution in [0.25, 0.3) is 0 Å². The number of aryl methyl sites for hydroxylation is 2. The number of nitro groups is 1. The summed E-state index contributed by atoms with van der Waals surface area (Å²) in [6, 6.07) is 4.27. The normalized spacial score (nSPS) is 16.9. The standard InChI is InChI=1S/C17H21N5O3/c1-12-3-4-15(22(24)25)8-16(12)19-17(23)21-6-5-13(11-21)7-14-9-18-20(2)10-14/h3-4,8-10,13H,5-7,11H2,1-2H3,(H,19,23). The molecule has 8 heteroatoms. The van der Waals surface area contributed by atoms with E-state index in [1.807, 2.05) is 26.4 Å². The van der Waals surface area contributed by atoms with Crippen molar-refractivity contribution in [2.75, 3.05) is 18.4 Å². The van der Waals surface area contributed by atoms with E-state index in [4.69, 9.17) is 0 Å². The molecule has 0 aliphatic carbocycles. The van der Waals surface area contributed by atoms with Crippen molar-refractivity contribution >= 4 is 17.4 Å². The number of benzene rings is 1. The molecule has 3 rings (SSSR count). The van der Waals surface area contributed by atoms with Crippen LogP contribution >= 0.6 is 0 Å². The van der Waals surface area contributed by atoms with Crippen LogP contribution in [0.2, 0.25) is 0 Å². The lowest BCUT2D eigenvalue weighted by atomic mass is 10.0. The Morgan fingerprint density at radius 2 is 2.28 bits per heavy atom. The SMILES string of the molecule is Cc1ccc([N+](=O)[O-])cc1NC(=O)N1CCC(Cc2cnn(C)c2)C1. The quantitative estimate of drug-likeness (QED) is 0.682. The van der Waals surface area contributed by atoms with Crippen molar-refractivity contribution in [2.24, 2.45) is 13.0 Å². The van der Waals surface area contributed by atoms with Crippen LogP contribution in [0.3, 0.4) is 0 Å². The summed E-state index contributed by atoms with van der Waals surface area (Å²) >= 11 is 0. The fourth-order valence-electron chi connectivity index (χ4n) is 3.15. The maximum absolute atomic E-state index is 12.5. The predicted octanol–water partition coefficient (Wildman–Crippen LogP) is 2.73. The number of aromatic nitrogens is 2. The first-order valence-corrected chi connectivity index (χ1v) is 8.21. The monoisotopic (exact) mass is 343 g/mol. The van der Waals surface area contributed by atoms with E-state index in [2.05, 4.69) is 10.4 Å². The highest BCUT2D eigenvalue weighted by Crippen LogP contribution is 2.24. The van der Waals surface area contributed by atoms with E-state index < -0.39 is 4.92 Å². The van der Waals surface area contributed by atoms with E-state index >= 15 is 0 Å². The Kier molecular flexibility index (Phi) is 4.69. The minimum Gasteiger partial charge on any atom is -0.324 e. The van der Waals surface area contributed by atoms with Gasteiger partial charge in [-0.2, -0.15) is 5.10 Å². The zero-order chi connectivity index (χ0) is 18.0. The first kappa shape index (κ1) is 16.9. The minimum absolute atomic E-state index is 0.0308. The van der Waals surface area contributed by atoms with Gasteiger partial charge in [0.2, 0.25) is 0 Å². The Morgan fingerprint density at radius 1 is 1.48 bits per heavy atom. The van der Waals surface area contributed by atoms with E-state index in [-0.39, 0.29) is 11.7 Å². The Morgan fingerprint density at radius 3 is 2.96 bits per heavy atom. The molecule has 8 nitrogen and oxygen atoms in total. The number of rotatable bonds is 4. The first-order valence-electron chi connectivity index (χ1n) is 8.21. The van der Waals surface area contributed by atoms with Gasteiger partial charge in [-0.05, 0) is 36.8 Å². The van der Waals surface area contributed by atoms with Crippen molar-refractivity contribution in [1.82, 2.24) is 14.7 Å². The number of anilines is 1. The molecule has 25 heavy (non-hydrogen) atoms. The minimum atomic E-state index is -0.463. The Balaban J connectivity index is 1.61. The van der Waals surface area contributed by atoms with E-state index in [1.165, 1.54) is 17.7 Å². The summed E-state index contributed by atoms with van der Waals surface area (Å²) < 4.78 is 1.78. The molecular formula is C17H21N5O3. The highest BCUT2D eigenvalue weighted by molar-refractivity contribution is 5.90. The third-order valence-electron chi connectivity index (χ3n) is 4.53. The molecule has 2 aromatic rings. The number of urea groups is 1. The van der Waals surface area contributed by atoms with Gasteiger partial charge in [0.1, 0.15) is 0 Å². The summed E-state index contributed by atoms with van der Waals surface area (Å²) in [5, 5.41) is 17.9. The van der Waals surface area contributed by atoms with Gasteiger partial charge in [0.25, 0.3) is 5.69 Å². The van der Waals surface area contributed by atoms with Gasteiger partial charge in [0.05, 0.1) is 16.8 Å². The first-order chi connectivity index (χ1) is 11.9. The van der Waals surface area contributed by atoms with E-state index in [9.17, 15) is 14.9 Å². The molecule has 1 N–H and O–H groups in total. The second kappa shape index (κ2) is 6.92. The van der Waals surface area contributed by atoms with Crippen LogP contribution in [0.15, 0.2) is 30.6 Å². The average molecular weight is 343 g/mol. The highest BCUT2D eigenvalue weighted by atomic mass is 16.6. The molecule has 1 unspecified atom stereocenters. The number of nitrogens with zero attached hydrogens (tertiary/aromatic N) is 4. The molecule has 0 bridgehead atoms. The largest absolute Gasteiger partial charge is 0.324 e. The summed E-state index contributed by atoms with van der Waals surface area (Å²) in [6.45, 7) is 3.17. The van der Waals surface area contributed by atoms with E-state index in [0.29, 0.717) is 24.7 Å². The smallest absolute Gasteiger partial charge is 0.321 e. The predicted molar refractivity (Wildman–Crippen MR) is 93.4 cm³/mol. The lowest BCUT2D eigenvalue weighted by Gasteiger charge is -2.18. The van der Waals surface area contributed by atoms with Gasteiger partial charge in [-0.15, -0.1) is 0 Å². The fraction of sp³-hybridized carbons (Fsp3) is 0.412. The van der Waals surface area contributed by atoms with Crippen LogP contribution in [-0.4, -0.2) is 38.7 Å². The van der Waals surface area contributed by atoms with Gasteiger partial charge in [0.15, 0.2) is 0 Å². The number of carbonyl (C=O) groups is 1. The Bertz CT molecular complexity index is 801. The molecule has 2 heterocycles. The zero-order valence-electron chi connectivity index (χ0n) is 14.3. The van der Waals surface area contributed by atoms with Crippen LogP contribution in [0.4, 0.5) is 16.2 Å². The third kappa shape index (κ3) is 3.96. The van der Waals surface area contributed by atoms with Crippen LogP contribution in [0, 0.1) is 23.0 Å². The second-order valence-electron chi connectivity index (χ2n) is 6.51. The van der Waals surface area contributed by atoms with Gasteiger partial charge in [-0.3, -0.25) is 14.8 Å². The number of hydrogen-bond donors (Lipinski definition) is 1. The van der Waals surface area contributed by atoms with Crippen LogP contribution in [0.1, 0.15) is 17.5 Å². The highest BCUT2D eigenvalue weighted by Gasteiger charge is 2.27. The number of non-ortho nitro benzene ring substituents is 1. The molecular weight excluding hydrogens is 322 g/mol. The fourth-order valence-corrected chi connectivity index (χ4v) is 3.15. The second-order valence-corrected chi connectivity index (χ2v) is 6.51. The van der Waals surface area contributed by atoms with E-state index in [1.54, 1.807) is 15.6 Å². The molecule has 1 aromatic heterocycles. The van der Waals surface area contributed by atoms with Gasteiger partial charge < -0.3 is 10.2 Å². The van der Waals surface area contributed by atoms with Gasteiger partial charge in [-0.25, -0.2) is 4.79 Å². The number of hydrogen-bond acceptors (Lipinski definition) is 4. The summed E-state index contributed by atoms with van der Waals surface area (Å²) in [7, 11) is 1.89. The maximum Gasteiger partial charge on any atom is 0.321 e. The van der Waals surface area contributed by atoms with E-state index in [0.717, 1.165) is 18.4 Å². The molecule has 0 radical (unpaired) electrons. The molecule has 0 spiro atoms. The molecule has 1 atom stereocenters. The van der Waals surface area contributed by atoms with Crippen LogP contribution in [-0.2, 0) is 13.5 Å². The van der Waals surface area contributed by atoms with Gasteiger partial charge >= 0.3 is 6.03 Å². The number of amides is 2. The molecule has 132 valence electrons. The Labute approximate surface area is 145 Å². The molecule has 0 saturated carbocycles. The summed E-state index contributed by atoms with van der Waals surface area (Å²) in [5.41, 5.74) is 2.42. The summed E-state index contributed by atoms with van der Waals surface area (Å²) in [4.78, 5) is 24.7.